The number of rotatable bonds is 7. The van der Waals surface area contributed by atoms with Crippen molar-refractivity contribution in [3.8, 4) is 0 Å². The third kappa shape index (κ3) is 6.40. The highest BCUT2D eigenvalue weighted by Gasteiger charge is 2.14. The largest absolute Gasteiger partial charge is 0.243 e. The Balaban J connectivity index is 1.90. The zero-order valence-corrected chi connectivity index (χ0v) is 10.7. The number of unbranched alkanes of at least 4 members (excludes halogenated alkanes) is 5. The van der Waals surface area contributed by atoms with Gasteiger partial charge in [-0.3, -0.25) is 0 Å². The molecule has 0 saturated carbocycles. The molecule has 2 N–H and O–H groups in total. The zero-order valence-electron chi connectivity index (χ0n) is 9.84. The molecule has 1 rings (SSSR count). The highest BCUT2D eigenvalue weighted by molar-refractivity contribution is 7.81. The average molecular weight is 231 g/mol. The molecule has 0 aromatic carbocycles. The lowest BCUT2D eigenvalue weighted by Crippen LogP contribution is -2.57. The first-order valence-corrected chi connectivity index (χ1v) is 6.76. The molecule has 0 amide bonds. The minimum Gasteiger partial charge on any atom is -0.243 e. The second kappa shape index (κ2) is 8.39. The van der Waals surface area contributed by atoms with E-state index in [2.05, 4.69) is 35.5 Å². The van der Waals surface area contributed by atoms with E-state index in [1.807, 2.05) is 0 Å². The van der Waals surface area contributed by atoms with Crippen LogP contribution in [0.25, 0.3) is 0 Å². The van der Waals surface area contributed by atoms with E-state index in [0.717, 1.165) is 19.6 Å². The summed E-state index contributed by atoms with van der Waals surface area (Å²) in [5.74, 6) is 0. The third-order valence-corrected chi connectivity index (χ3v) is 3.13. The monoisotopic (exact) mass is 231 g/mol. The summed E-state index contributed by atoms with van der Waals surface area (Å²) in [6.45, 7) is 5.40. The van der Waals surface area contributed by atoms with Crippen LogP contribution in [0.2, 0.25) is 0 Å². The minimum atomic E-state index is 0.464. The average Bonchev–Trinajstić information content (AvgIpc) is 2.23. The zero-order chi connectivity index (χ0) is 10.9. The summed E-state index contributed by atoms with van der Waals surface area (Å²) in [5, 5.41) is 2.70. The molecule has 90 valence electrons. The molecule has 0 spiro atoms. The van der Waals surface area contributed by atoms with E-state index in [1.165, 1.54) is 38.5 Å². The summed E-state index contributed by atoms with van der Waals surface area (Å²) in [5.41, 5.74) is 6.33. The Kier molecular flexibility index (Phi) is 7.44. The molecular formula is C11H25N3S. The molecule has 3 nitrogen and oxygen atoms in total. The highest BCUT2D eigenvalue weighted by atomic mass is 32.1. The number of hydrogen-bond donors (Lipinski definition) is 3. The van der Waals surface area contributed by atoms with Gasteiger partial charge in [-0.15, -0.1) is 0 Å². The second-order valence-electron chi connectivity index (χ2n) is 4.36. The fraction of sp³-hybridized carbons (Fsp3) is 1.00. The van der Waals surface area contributed by atoms with Crippen LogP contribution < -0.4 is 11.0 Å². The van der Waals surface area contributed by atoms with Crippen LogP contribution in [-0.4, -0.2) is 29.9 Å². The Morgan fingerprint density at radius 1 is 1.20 bits per heavy atom. The number of nitrogens with one attached hydrogen (secondary N) is 2. The van der Waals surface area contributed by atoms with Crippen LogP contribution in [0.15, 0.2) is 0 Å². The summed E-state index contributed by atoms with van der Waals surface area (Å²) >= 11 is 4.47. The van der Waals surface area contributed by atoms with E-state index in [-0.39, 0.29) is 0 Å². The first kappa shape index (κ1) is 13.3. The molecule has 1 fully saturated rings. The van der Waals surface area contributed by atoms with Crippen LogP contribution in [-0.2, 0) is 0 Å². The van der Waals surface area contributed by atoms with Gasteiger partial charge in [0.2, 0.25) is 0 Å². The van der Waals surface area contributed by atoms with Gasteiger partial charge in [0, 0.05) is 24.9 Å². The summed E-state index contributed by atoms with van der Waals surface area (Å²) in [7, 11) is 0. The van der Waals surface area contributed by atoms with Crippen molar-refractivity contribution in [1.29, 1.82) is 0 Å². The van der Waals surface area contributed by atoms with Gasteiger partial charge in [0.05, 0.1) is 0 Å². The van der Waals surface area contributed by atoms with E-state index >= 15 is 0 Å². The quantitative estimate of drug-likeness (QED) is 0.462. The van der Waals surface area contributed by atoms with Crippen molar-refractivity contribution in [2.45, 2.75) is 50.7 Å². The van der Waals surface area contributed by atoms with E-state index in [1.54, 1.807) is 0 Å². The Morgan fingerprint density at radius 3 is 2.67 bits per heavy atom. The molecule has 4 heteroatoms. The molecule has 1 atom stereocenters. The van der Waals surface area contributed by atoms with Crippen molar-refractivity contribution in [3.63, 3.8) is 0 Å². The lowest BCUT2D eigenvalue weighted by molar-refractivity contribution is 0.119. The molecule has 0 radical (unpaired) electrons. The fourth-order valence-electron chi connectivity index (χ4n) is 1.87. The summed E-state index contributed by atoms with van der Waals surface area (Å²) in [6, 6.07) is 0. The topological polar surface area (TPSA) is 27.3 Å². The Hall–Kier alpha value is 0.230. The van der Waals surface area contributed by atoms with Gasteiger partial charge in [-0.1, -0.05) is 39.0 Å². The number of nitrogens with zero attached hydrogens (tertiary/aromatic N) is 1. The van der Waals surface area contributed by atoms with Gasteiger partial charge in [-0.05, 0) is 6.42 Å². The van der Waals surface area contributed by atoms with Gasteiger partial charge in [-0.25, -0.2) is 10.4 Å². The van der Waals surface area contributed by atoms with Crippen molar-refractivity contribution >= 4 is 12.6 Å². The maximum atomic E-state index is 4.47. The Morgan fingerprint density at radius 2 is 1.93 bits per heavy atom. The SMILES string of the molecule is CCCCCCCCN1CC(S)CNN1. The maximum absolute atomic E-state index is 4.47. The van der Waals surface area contributed by atoms with Gasteiger partial charge in [0.15, 0.2) is 0 Å². The van der Waals surface area contributed by atoms with Crippen molar-refractivity contribution in [3.05, 3.63) is 0 Å². The standard InChI is InChI=1S/C11H25N3S/c1-2-3-4-5-6-7-8-14-10-11(15)9-12-13-14/h11-13,15H,2-10H2,1H3. The van der Waals surface area contributed by atoms with E-state index < -0.39 is 0 Å². The number of hydrazine groups is 2. The van der Waals surface area contributed by atoms with E-state index in [9.17, 15) is 0 Å². The van der Waals surface area contributed by atoms with E-state index in [4.69, 9.17) is 0 Å². The smallest absolute Gasteiger partial charge is 0.0298 e. The molecule has 1 unspecified atom stereocenters. The van der Waals surface area contributed by atoms with Crippen molar-refractivity contribution in [2.24, 2.45) is 0 Å². The van der Waals surface area contributed by atoms with E-state index in [0.29, 0.717) is 5.25 Å². The highest BCUT2D eigenvalue weighted by Crippen LogP contribution is 2.07. The molecule has 1 heterocycles. The summed E-state index contributed by atoms with van der Waals surface area (Å²) in [4.78, 5) is 0. The van der Waals surface area contributed by atoms with Crippen LogP contribution >= 0.6 is 12.6 Å². The van der Waals surface area contributed by atoms with Crippen LogP contribution in [0.4, 0.5) is 0 Å². The molecule has 1 aliphatic rings. The summed E-state index contributed by atoms with van der Waals surface area (Å²) in [6.07, 6.45) is 8.16. The van der Waals surface area contributed by atoms with Gasteiger partial charge in [0.25, 0.3) is 0 Å². The lowest BCUT2D eigenvalue weighted by Gasteiger charge is -2.31. The number of thiol groups is 1. The molecule has 0 aliphatic carbocycles. The van der Waals surface area contributed by atoms with Crippen LogP contribution in [0, 0.1) is 0 Å². The maximum Gasteiger partial charge on any atom is 0.0298 e. The van der Waals surface area contributed by atoms with Crippen LogP contribution in [0.1, 0.15) is 45.4 Å². The van der Waals surface area contributed by atoms with Crippen molar-refractivity contribution in [1.82, 2.24) is 16.0 Å². The normalized spacial score (nSPS) is 23.2. The van der Waals surface area contributed by atoms with Gasteiger partial charge >= 0.3 is 0 Å². The molecule has 1 aliphatic heterocycles. The Bertz CT molecular complexity index is 155. The first-order valence-electron chi connectivity index (χ1n) is 6.24. The summed E-state index contributed by atoms with van der Waals surface area (Å²) < 4.78 is 0. The third-order valence-electron chi connectivity index (χ3n) is 2.79. The van der Waals surface area contributed by atoms with Gasteiger partial charge in [-0.2, -0.15) is 18.2 Å². The first-order chi connectivity index (χ1) is 7.33. The van der Waals surface area contributed by atoms with Crippen molar-refractivity contribution in [2.75, 3.05) is 19.6 Å². The second-order valence-corrected chi connectivity index (χ2v) is 5.09. The molecule has 0 aromatic heterocycles. The van der Waals surface area contributed by atoms with Crippen molar-refractivity contribution < 1.29 is 0 Å². The van der Waals surface area contributed by atoms with Crippen LogP contribution in [0.3, 0.4) is 0 Å². The lowest BCUT2D eigenvalue weighted by atomic mass is 10.1. The molecule has 0 aromatic rings. The predicted octanol–water partition coefficient (Wildman–Crippen LogP) is 1.97. The fourth-order valence-corrected chi connectivity index (χ4v) is 2.16. The molecule has 0 bridgehead atoms. The molecule has 15 heavy (non-hydrogen) atoms. The number of hydrogen-bond acceptors (Lipinski definition) is 4. The molecular weight excluding hydrogens is 206 g/mol. The van der Waals surface area contributed by atoms with Gasteiger partial charge in [0.1, 0.15) is 0 Å². The minimum absolute atomic E-state index is 0.464. The Labute approximate surface area is 99.3 Å². The molecule has 1 saturated heterocycles. The predicted molar refractivity (Wildman–Crippen MR) is 68.9 cm³/mol. The van der Waals surface area contributed by atoms with Gasteiger partial charge < -0.3 is 0 Å². The van der Waals surface area contributed by atoms with Crippen LogP contribution in [0.5, 0.6) is 0 Å².